The minimum Gasteiger partial charge on any atom is -0.379 e. The SMILES string of the molecule is C=C(C)c1nc(/C=C/CNC(=O)C2CC2)cc2c(N[C@@H]3CCN(C)C[C@@H]3F)cccc12. The molecule has 2 N–H and O–H groups in total. The molecule has 1 amide bonds. The van der Waals surface area contributed by atoms with Crippen molar-refractivity contribution in [1.82, 2.24) is 15.2 Å². The maximum absolute atomic E-state index is 14.6. The van der Waals surface area contributed by atoms with Crippen molar-refractivity contribution in [3.63, 3.8) is 0 Å². The van der Waals surface area contributed by atoms with Crippen molar-refractivity contribution in [2.75, 3.05) is 32.0 Å². The first-order chi connectivity index (χ1) is 14.9. The molecule has 31 heavy (non-hydrogen) atoms. The van der Waals surface area contributed by atoms with Crippen molar-refractivity contribution >= 4 is 34.0 Å². The lowest BCUT2D eigenvalue weighted by molar-refractivity contribution is -0.122. The zero-order valence-corrected chi connectivity index (χ0v) is 18.3. The highest BCUT2D eigenvalue weighted by atomic mass is 19.1. The second kappa shape index (κ2) is 9.18. The van der Waals surface area contributed by atoms with E-state index in [9.17, 15) is 9.18 Å². The van der Waals surface area contributed by atoms with E-state index in [4.69, 9.17) is 4.98 Å². The Bertz CT molecular complexity index is 1010. The molecular formula is C25H31FN4O. The van der Waals surface area contributed by atoms with Crippen LogP contribution in [0.5, 0.6) is 0 Å². The number of allylic oxidation sites excluding steroid dienone is 1. The van der Waals surface area contributed by atoms with Crippen molar-refractivity contribution in [1.29, 1.82) is 0 Å². The van der Waals surface area contributed by atoms with Gasteiger partial charge in [0.15, 0.2) is 0 Å². The number of carbonyl (C=O) groups excluding carboxylic acids is 1. The Morgan fingerprint density at radius 2 is 2.13 bits per heavy atom. The van der Waals surface area contributed by atoms with Gasteiger partial charge in [-0.05, 0) is 57.0 Å². The molecule has 1 aliphatic carbocycles. The van der Waals surface area contributed by atoms with E-state index in [2.05, 4.69) is 17.2 Å². The second-order valence-electron chi connectivity index (χ2n) is 8.82. The summed E-state index contributed by atoms with van der Waals surface area (Å²) < 4.78 is 14.6. The van der Waals surface area contributed by atoms with Crippen LogP contribution < -0.4 is 10.6 Å². The molecule has 2 atom stereocenters. The molecule has 6 heteroatoms. The number of piperidine rings is 1. The number of likely N-dealkylation sites (tertiary alicyclic amines) is 1. The number of nitrogens with zero attached hydrogens (tertiary/aromatic N) is 2. The van der Waals surface area contributed by atoms with Crippen LogP contribution in [0.3, 0.4) is 0 Å². The maximum atomic E-state index is 14.6. The molecule has 2 heterocycles. The molecule has 0 spiro atoms. The van der Waals surface area contributed by atoms with Crippen LogP contribution in [0, 0.1) is 5.92 Å². The number of alkyl halides is 1. The first-order valence-corrected chi connectivity index (χ1v) is 11.1. The number of hydrogen-bond donors (Lipinski definition) is 2. The summed E-state index contributed by atoms with van der Waals surface area (Å²) in [6, 6.07) is 7.82. The van der Waals surface area contributed by atoms with E-state index in [1.165, 1.54) is 0 Å². The van der Waals surface area contributed by atoms with Gasteiger partial charge in [-0.2, -0.15) is 0 Å². The molecular weight excluding hydrogens is 391 g/mol. The molecule has 1 aliphatic heterocycles. The van der Waals surface area contributed by atoms with E-state index < -0.39 is 6.17 Å². The average Bonchev–Trinajstić information content (AvgIpc) is 3.58. The zero-order valence-electron chi connectivity index (χ0n) is 18.3. The highest BCUT2D eigenvalue weighted by Gasteiger charge is 2.29. The van der Waals surface area contributed by atoms with Crippen LogP contribution >= 0.6 is 0 Å². The molecule has 164 valence electrons. The summed E-state index contributed by atoms with van der Waals surface area (Å²) in [5.41, 5.74) is 3.42. The van der Waals surface area contributed by atoms with Crippen LogP contribution in [0.2, 0.25) is 0 Å². The van der Waals surface area contributed by atoms with Crippen molar-refractivity contribution in [2.45, 2.75) is 38.4 Å². The van der Waals surface area contributed by atoms with Crippen LogP contribution in [0.4, 0.5) is 10.1 Å². The number of fused-ring (bicyclic) bond motifs is 1. The lowest BCUT2D eigenvalue weighted by atomic mass is 10.00. The Morgan fingerprint density at radius 3 is 2.84 bits per heavy atom. The monoisotopic (exact) mass is 422 g/mol. The standard InChI is InChI=1S/C25H31FN4O/c1-16(2)24-19-7-4-8-22(29-23-11-13-30(3)15-21(23)26)20(19)14-18(28-24)6-5-12-27-25(31)17-9-10-17/h4-8,14,17,21,23,29H,1,9-13,15H2,2-3H3,(H,27,31)/b6-5+/t21-,23+/m0/s1. The van der Waals surface area contributed by atoms with Crippen LogP contribution in [-0.2, 0) is 4.79 Å². The molecule has 5 nitrogen and oxygen atoms in total. The molecule has 2 fully saturated rings. The van der Waals surface area contributed by atoms with Crippen LogP contribution in [-0.4, -0.2) is 54.7 Å². The number of carbonyl (C=O) groups is 1. The van der Waals surface area contributed by atoms with Gasteiger partial charge >= 0.3 is 0 Å². The average molecular weight is 423 g/mol. The van der Waals surface area contributed by atoms with E-state index in [-0.39, 0.29) is 17.9 Å². The smallest absolute Gasteiger partial charge is 0.223 e. The van der Waals surface area contributed by atoms with Gasteiger partial charge in [0.25, 0.3) is 0 Å². The third-order valence-electron chi connectivity index (χ3n) is 6.01. The summed E-state index contributed by atoms with van der Waals surface area (Å²) in [7, 11) is 1.96. The Labute approximate surface area is 183 Å². The van der Waals surface area contributed by atoms with Crippen LogP contribution in [0.15, 0.2) is 36.9 Å². The molecule has 0 unspecified atom stereocenters. The van der Waals surface area contributed by atoms with Crippen LogP contribution in [0.1, 0.15) is 37.6 Å². The van der Waals surface area contributed by atoms with Gasteiger partial charge in [0, 0.05) is 42.0 Å². The van der Waals surface area contributed by atoms with Crippen molar-refractivity contribution in [2.24, 2.45) is 5.92 Å². The van der Waals surface area contributed by atoms with Gasteiger partial charge in [-0.3, -0.25) is 4.79 Å². The largest absolute Gasteiger partial charge is 0.379 e. The minimum absolute atomic E-state index is 0.129. The fourth-order valence-electron chi connectivity index (χ4n) is 4.08. The Morgan fingerprint density at radius 1 is 1.32 bits per heavy atom. The molecule has 1 saturated carbocycles. The lowest BCUT2D eigenvalue weighted by Crippen LogP contribution is -2.46. The van der Waals surface area contributed by atoms with Gasteiger partial charge < -0.3 is 15.5 Å². The Balaban J connectivity index is 1.59. The van der Waals surface area contributed by atoms with E-state index in [1.807, 2.05) is 55.3 Å². The second-order valence-corrected chi connectivity index (χ2v) is 8.82. The number of anilines is 1. The zero-order chi connectivity index (χ0) is 22.0. The molecule has 2 aromatic rings. The Kier molecular flexibility index (Phi) is 6.37. The predicted octanol–water partition coefficient (Wildman–Crippen LogP) is 4.26. The molecule has 1 saturated heterocycles. The van der Waals surface area contributed by atoms with Crippen LogP contribution in [0.25, 0.3) is 22.4 Å². The fraction of sp³-hybridized carbons (Fsp3) is 0.440. The molecule has 1 aromatic heterocycles. The number of benzene rings is 1. The van der Waals surface area contributed by atoms with Gasteiger partial charge in [-0.15, -0.1) is 0 Å². The van der Waals surface area contributed by atoms with Gasteiger partial charge in [-0.1, -0.05) is 24.8 Å². The maximum Gasteiger partial charge on any atom is 0.223 e. The number of pyridine rings is 1. The fourth-order valence-corrected chi connectivity index (χ4v) is 4.08. The summed E-state index contributed by atoms with van der Waals surface area (Å²) in [4.78, 5) is 18.6. The van der Waals surface area contributed by atoms with E-state index >= 15 is 0 Å². The van der Waals surface area contributed by atoms with Gasteiger partial charge in [0.2, 0.25) is 5.91 Å². The summed E-state index contributed by atoms with van der Waals surface area (Å²) >= 11 is 0. The highest BCUT2D eigenvalue weighted by Crippen LogP contribution is 2.31. The third kappa shape index (κ3) is 5.13. The van der Waals surface area contributed by atoms with Crippen molar-refractivity contribution in [3.05, 3.63) is 48.3 Å². The number of hydrogen-bond acceptors (Lipinski definition) is 4. The first kappa shape index (κ1) is 21.5. The number of amides is 1. The Hall–Kier alpha value is -2.73. The molecule has 0 bridgehead atoms. The van der Waals surface area contributed by atoms with Gasteiger partial charge in [0.05, 0.1) is 17.4 Å². The van der Waals surface area contributed by atoms with Gasteiger partial charge in [-0.25, -0.2) is 9.37 Å². The lowest BCUT2D eigenvalue weighted by Gasteiger charge is -2.33. The predicted molar refractivity (Wildman–Crippen MR) is 126 cm³/mol. The number of nitrogens with one attached hydrogen (secondary N) is 2. The first-order valence-electron chi connectivity index (χ1n) is 11.1. The summed E-state index contributed by atoms with van der Waals surface area (Å²) in [5, 5.41) is 8.39. The topological polar surface area (TPSA) is 57.3 Å². The van der Waals surface area contributed by atoms with E-state index in [1.54, 1.807) is 0 Å². The number of rotatable bonds is 7. The number of aromatic nitrogens is 1. The van der Waals surface area contributed by atoms with E-state index in [0.717, 1.165) is 59.2 Å². The molecule has 2 aliphatic rings. The summed E-state index contributed by atoms with van der Waals surface area (Å²) in [6.45, 7) is 7.85. The minimum atomic E-state index is -0.911. The summed E-state index contributed by atoms with van der Waals surface area (Å²) in [5.74, 6) is 0.332. The molecule has 0 radical (unpaired) electrons. The van der Waals surface area contributed by atoms with Crippen molar-refractivity contribution in [3.8, 4) is 0 Å². The quantitative estimate of drug-likeness (QED) is 0.700. The summed E-state index contributed by atoms with van der Waals surface area (Å²) in [6.07, 6.45) is 5.68. The van der Waals surface area contributed by atoms with E-state index in [0.29, 0.717) is 13.1 Å². The van der Waals surface area contributed by atoms with Gasteiger partial charge in [0.1, 0.15) is 6.17 Å². The highest BCUT2D eigenvalue weighted by molar-refractivity contribution is 6.00. The molecule has 4 rings (SSSR count). The third-order valence-corrected chi connectivity index (χ3v) is 6.01. The number of halogens is 1. The molecule has 1 aromatic carbocycles. The van der Waals surface area contributed by atoms with Crippen molar-refractivity contribution < 1.29 is 9.18 Å². The normalized spacial score (nSPS) is 22.0.